The summed E-state index contributed by atoms with van der Waals surface area (Å²) in [6.07, 6.45) is 2.92. The Bertz CT molecular complexity index is 1800. The molecule has 0 saturated heterocycles. The van der Waals surface area contributed by atoms with Gasteiger partial charge in [0, 0.05) is 24.8 Å². The number of pyridine rings is 1. The lowest BCUT2D eigenvalue weighted by molar-refractivity contribution is -0.170. The number of benzene rings is 1. The molecule has 13 heteroatoms. The number of nitrogens with zero attached hydrogens (tertiary/aromatic N) is 5. The second-order valence-corrected chi connectivity index (χ2v) is 12.5. The van der Waals surface area contributed by atoms with Crippen LogP contribution in [0.25, 0.3) is 10.9 Å². The second-order valence-electron chi connectivity index (χ2n) is 12.5. The fraction of sp³-hybridized carbons (Fsp3) is 0.455. The highest BCUT2D eigenvalue weighted by Crippen LogP contribution is 2.41. The largest absolute Gasteiger partial charge is 0.497 e. The number of fused-ring (bicyclic) bond motifs is 1. The van der Waals surface area contributed by atoms with Gasteiger partial charge in [0.25, 0.3) is 5.56 Å². The van der Waals surface area contributed by atoms with Crippen LogP contribution in [0.2, 0.25) is 0 Å². The van der Waals surface area contributed by atoms with Crippen LogP contribution in [0.5, 0.6) is 5.75 Å². The molecule has 0 amide bonds. The predicted molar refractivity (Wildman–Crippen MR) is 171 cm³/mol. The van der Waals surface area contributed by atoms with Crippen LogP contribution in [0.15, 0.2) is 47.5 Å². The first kappa shape index (κ1) is 32.6. The van der Waals surface area contributed by atoms with Gasteiger partial charge in [-0.1, -0.05) is 12.1 Å². The summed E-state index contributed by atoms with van der Waals surface area (Å²) < 4.78 is 24.1. The zero-order valence-corrected chi connectivity index (χ0v) is 27.2. The van der Waals surface area contributed by atoms with E-state index < -0.39 is 23.3 Å². The van der Waals surface area contributed by atoms with E-state index in [1.165, 1.54) is 25.2 Å². The van der Waals surface area contributed by atoms with E-state index in [1.807, 2.05) is 24.3 Å². The molecule has 13 nitrogen and oxygen atoms in total. The van der Waals surface area contributed by atoms with E-state index in [0.29, 0.717) is 66.2 Å². The van der Waals surface area contributed by atoms with Gasteiger partial charge in [-0.2, -0.15) is 4.68 Å². The Morgan fingerprint density at radius 2 is 1.74 bits per heavy atom. The number of nitrogens with one attached hydrogen (secondary N) is 1. The molecule has 4 aromatic rings. The normalized spacial score (nSPS) is 18.3. The molecule has 1 aromatic carbocycles. The molecule has 0 bridgehead atoms. The van der Waals surface area contributed by atoms with Crippen molar-refractivity contribution in [1.29, 1.82) is 0 Å². The summed E-state index contributed by atoms with van der Waals surface area (Å²) in [7, 11) is 4.47. The first-order chi connectivity index (χ1) is 21.9. The molecule has 5 rings (SSSR count). The molecule has 3 aromatic heterocycles. The summed E-state index contributed by atoms with van der Waals surface area (Å²) in [6.45, 7) is 7.41. The lowest BCUT2D eigenvalue weighted by Gasteiger charge is -2.36. The highest BCUT2D eigenvalue weighted by molar-refractivity contribution is 5.84. The van der Waals surface area contributed by atoms with Crippen LogP contribution >= 0.6 is 0 Å². The fourth-order valence-electron chi connectivity index (χ4n) is 5.77. The third-order valence-corrected chi connectivity index (χ3v) is 8.19. The summed E-state index contributed by atoms with van der Waals surface area (Å²) in [5, 5.41) is 7.95. The molecule has 1 saturated carbocycles. The number of carbonyl (C=O) groups is 2. The van der Waals surface area contributed by atoms with E-state index in [1.54, 1.807) is 51.5 Å². The van der Waals surface area contributed by atoms with Crippen LogP contribution in [0.4, 0.5) is 16.4 Å². The Labute approximate surface area is 266 Å². The Morgan fingerprint density at radius 1 is 1.04 bits per heavy atom. The molecule has 0 aliphatic heterocycles. The van der Waals surface area contributed by atoms with Crippen molar-refractivity contribution in [3.63, 3.8) is 0 Å². The molecule has 1 aliphatic carbocycles. The summed E-state index contributed by atoms with van der Waals surface area (Å²) in [6, 6.07) is 10.8. The van der Waals surface area contributed by atoms with E-state index in [0.717, 1.165) is 11.3 Å². The highest BCUT2D eigenvalue weighted by Gasteiger charge is 2.44. The van der Waals surface area contributed by atoms with E-state index >= 15 is 0 Å². The van der Waals surface area contributed by atoms with Gasteiger partial charge in [0.1, 0.15) is 17.2 Å². The van der Waals surface area contributed by atoms with Crippen molar-refractivity contribution in [3.8, 4) is 5.75 Å². The van der Waals surface area contributed by atoms with Gasteiger partial charge in [0.15, 0.2) is 11.4 Å². The second kappa shape index (κ2) is 12.9. The Morgan fingerprint density at radius 3 is 2.35 bits per heavy atom. The van der Waals surface area contributed by atoms with Gasteiger partial charge < -0.3 is 24.3 Å². The van der Waals surface area contributed by atoms with Gasteiger partial charge >= 0.3 is 12.1 Å². The molecule has 244 valence electrons. The van der Waals surface area contributed by atoms with Crippen molar-refractivity contribution in [3.05, 3.63) is 70.0 Å². The number of carbonyl (C=O) groups excluding carboxylic acids is 2. The number of aryl methyl sites for hydroxylation is 1. The molecule has 0 unspecified atom stereocenters. The maximum atomic E-state index is 13.9. The SMILES string of the molecule is COC(=O)C1(OC)CCC(c2nc(Nc3cc(C)n(C(=O)OC(C)(C)C)n3)cc3c(=O)n(Cc4ccc(OC)cc4)cnc23)CC1. The summed E-state index contributed by atoms with van der Waals surface area (Å²) in [4.78, 5) is 48.9. The summed E-state index contributed by atoms with van der Waals surface area (Å²) >= 11 is 0. The number of ether oxygens (including phenoxy) is 4. The molecule has 1 N–H and O–H groups in total. The van der Waals surface area contributed by atoms with Crippen molar-refractivity contribution >= 4 is 34.6 Å². The van der Waals surface area contributed by atoms with E-state index in [-0.39, 0.29) is 11.5 Å². The van der Waals surface area contributed by atoms with Gasteiger partial charge in [-0.3, -0.25) is 9.36 Å². The standard InChI is InChI=1S/C33H40N6O7/c1-20-16-26(37-39(20)31(42)46-32(2,3)4)35-25-17-24-28(27(36-25)22-12-14-33(45-7,15-13-22)30(41)44-6)34-19-38(29(24)40)18-21-8-10-23(43-5)11-9-21/h8-11,16-17,19,22H,12-15,18H2,1-7H3,(H,35,36,37). The molecule has 3 heterocycles. The van der Waals surface area contributed by atoms with Gasteiger partial charge in [0.05, 0.1) is 43.7 Å². The minimum atomic E-state index is -1.03. The maximum absolute atomic E-state index is 13.9. The monoisotopic (exact) mass is 632 g/mol. The van der Waals surface area contributed by atoms with Crippen molar-refractivity contribution in [2.45, 2.75) is 77.0 Å². The van der Waals surface area contributed by atoms with Crippen LogP contribution in [0.1, 0.15) is 69.3 Å². The van der Waals surface area contributed by atoms with E-state index in [2.05, 4.69) is 10.4 Å². The molecule has 0 radical (unpaired) electrons. The molecule has 0 spiro atoms. The lowest BCUT2D eigenvalue weighted by atomic mass is 9.77. The van der Waals surface area contributed by atoms with Gasteiger partial charge in [-0.25, -0.2) is 19.6 Å². The lowest BCUT2D eigenvalue weighted by Crippen LogP contribution is -2.44. The van der Waals surface area contributed by atoms with Crippen molar-refractivity contribution < 1.29 is 28.5 Å². The Hall–Kier alpha value is -4.78. The van der Waals surface area contributed by atoms with Crippen molar-refractivity contribution in [2.24, 2.45) is 0 Å². The number of anilines is 2. The number of hydrogen-bond acceptors (Lipinski definition) is 11. The number of esters is 1. The molecular formula is C33H40N6O7. The highest BCUT2D eigenvalue weighted by atomic mass is 16.6. The quantitative estimate of drug-likeness (QED) is 0.259. The van der Waals surface area contributed by atoms with Crippen LogP contribution in [0.3, 0.4) is 0 Å². The Balaban J connectivity index is 1.53. The average molecular weight is 633 g/mol. The first-order valence-electron chi connectivity index (χ1n) is 15.1. The first-order valence-corrected chi connectivity index (χ1v) is 15.1. The number of methoxy groups -OCH3 is 3. The smallest absolute Gasteiger partial charge is 0.435 e. The maximum Gasteiger partial charge on any atom is 0.435 e. The molecular weight excluding hydrogens is 592 g/mol. The van der Waals surface area contributed by atoms with Crippen LogP contribution in [-0.4, -0.2) is 68.9 Å². The van der Waals surface area contributed by atoms with E-state index in [9.17, 15) is 14.4 Å². The third-order valence-electron chi connectivity index (χ3n) is 8.19. The predicted octanol–water partition coefficient (Wildman–Crippen LogP) is 5.10. The number of aromatic nitrogens is 5. The fourth-order valence-corrected chi connectivity index (χ4v) is 5.77. The molecule has 46 heavy (non-hydrogen) atoms. The van der Waals surface area contributed by atoms with Gasteiger partial charge in [-0.15, -0.1) is 5.10 Å². The average Bonchev–Trinajstić information content (AvgIpc) is 3.41. The third kappa shape index (κ3) is 6.74. The van der Waals surface area contributed by atoms with Gasteiger partial charge in [0.2, 0.25) is 0 Å². The van der Waals surface area contributed by atoms with Crippen LogP contribution < -0.4 is 15.6 Å². The molecule has 1 aliphatic rings. The van der Waals surface area contributed by atoms with E-state index in [4.69, 9.17) is 28.9 Å². The zero-order chi connectivity index (χ0) is 33.2. The topological polar surface area (TPSA) is 149 Å². The van der Waals surface area contributed by atoms with Crippen LogP contribution in [-0.2, 0) is 25.5 Å². The zero-order valence-electron chi connectivity index (χ0n) is 27.2. The summed E-state index contributed by atoms with van der Waals surface area (Å²) in [5.74, 6) is 0.936. The number of rotatable bonds is 8. The van der Waals surface area contributed by atoms with Crippen LogP contribution in [0, 0.1) is 6.92 Å². The minimum absolute atomic E-state index is 0.109. The summed E-state index contributed by atoms with van der Waals surface area (Å²) in [5.41, 5.74) is 0.640. The minimum Gasteiger partial charge on any atom is -0.497 e. The van der Waals surface area contributed by atoms with Crippen molar-refractivity contribution in [1.82, 2.24) is 24.3 Å². The number of hydrogen-bond donors (Lipinski definition) is 1. The Kier molecular flexibility index (Phi) is 9.15. The molecule has 0 atom stereocenters. The van der Waals surface area contributed by atoms with Crippen molar-refractivity contribution in [2.75, 3.05) is 26.6 Å². The van der Waals surface area contributed by atoms with Gasteiger partial charge in [-0.05, 0) is 77.1 Å². The molecule has 1 fully saturated rings.